The quantitative estimate of drug-likeness (QED) is 0.351. The molecule has 0 aliphatic carbocycles. The Balaban J connectivity index is 2.20. The summed E-state index contributed by atoms with van der Waals surface area (Å²) in [6.07, 6.45) is 2.06. The molecule has 0 aliphatic heterocycles. The van der Waals surface area contributed by atoms with E-state index in [4.69, 9.17) is 21.3 Å². The van der Waals surface area contributed by atoms with Crippen LogP contribution in [0.4, 0.5) is 0 Å². The number of rotatable bonds is 6. The van der Waals surface area contributed by atoms with Crippen LogP contribution in [0.3, 0.4) is 0 Å². The van der Waals surface area contributed by atoms with Gasteiger partial charge in [0.15, 0.2) is 5.16 Å². The normalized spacial score (nSPS) is 11.0. The van der Waals surface area contributed by atoms with Crippen molar-refractivity contribution in [3.63, 3.8) is 0 Å². The highest BCUT2D eigenvalue weighted by Crippen LogP contribution is 2.28. The average molecular weight is 393 g/mol. The SMILES string of the molecule is COc1ccc(-n2c(SCCSC)nc3ccccc3c2=O)cc1Cl. The van der Waals surface area contributed by atoms with E-state index in [-0.39, 0.29) is 5.56 Å². The van der Waals surface area contributed by atoms with Crippen molar-refractivity contribution in [1.29, 1.82) is 0 Å². The average Bonchev–Trinajstić information content (AvgIpc) is 2.62. The smallest absolute Gasteiger partial charge is 0.266 e. The van der Waals surface area contributed by atoms with Crippen molar-refractivity contribution in [2.45, 2.75) is 5.16 Å². The second kappa shape index (κ2) is 8.17. The molecule has 0 radical (unpaired) electrons. The van der Waals surface area contributed by atoms with Gasteiger partial charge in [-0.2, -0.15) is 11.8 Å². The van der Waals surface area contributed by atoms with Crippen LogP contribution < -0.4 is 10.3 Å². The van der Waals surface area contributed by atoms with Gasteiger partial charge in [-0.25, -0.2) is 4.98 Å². The van der Waals surface area contributed by atoms with Crippen molar-refractivity contribution in [3.8, 4) is 11.4 Å². The summed E-state index contributed by atoms with van der Waals surface area (Å²) in [5, 5.41) is 1.71. The Morgan fingerprint density at radius 3 is 2.72 bits per heavy atom. The van der Waals surface area contributed by atoms with Crippen LogP contribution >= 0.6 is 35.1 Å². The maximum absolute atomic E-state index is 13.1. The van der Waals surface area contributed by atoms with E-state index in [1.165, 1.54) is 0 Å². The molecule has 1 heterocycles. The summed E-state index contributed by atoms with van der Waals surface area (Å²) in [6.45, 7) is 0. The third kappa shape index (κ3) is 3.81. The Labute approximate surface area is 159 Å². The Morgan fingerprint density at radius 2 is 2.00 bits per heavy atom. The zero-order chi connectivity index (χ0) is 17.8. The van der Waals surface area contributed by atoms with E-state index in [9.17, 15) is 4.79 Å². The van der Waals surface area contributed by atoms with Crippen LogP contribution in [0.15, 0.2) is 52.4 Å². The summed E-state index contributed by atoms with van der Waals surface area (Å²) in [5.41, 5.74) is 1.29. The first-order valence-electron chi connectivity index (χ1n) is 7.63. The van der Waals surface area contributed by atoms with E-state index in [0.29, 0.717) is 32.5 Å². The molecular weight excluding hydrogens is 376 g/mol. The van der Waals surface area contributed by atoms with Crippen molar-refractivity contribution in [3.05, 3.63) is 57.8 Å². The van der Waals surface area contributed by atoms with Gasteiger partial charge < -0.3 is 4.74 Å². The molecule has 0 saturated carbocycles. The number of para-hydroxylation sites is 1. The maximum Gasteiger partial charge on any atom is 0.266 e. The van der Waals surface area contributed by atoms with Gasteiger partial charge in [0.2, 0.25) is 0 Å². The van der Waals surface area contributed by atoms with Crippen molar-refractivity contribution in [1.82, 2.24) is 9.55 Å². The van der Waals surface area contributed by atoms with Gasteiger partial charge in [0.25, 0.3) is 5.56 Å². The molecule has 3 aromatic rings. The molecule has 4 nitrogen and oxygen atoms in total. The first kappa shape index (κ1) is 18.2. The highest BCUT2D eigenvalue weighted by Gasteiger charge is 2.14. The lowest BCUT2D eigenvalue weighted by Gasteiger charge is -2.14. The minimum Gasteiger partial charge on any atom is -0.495 e. The number of benzene rings is 2. The fraction of sp³-hybridized carbons (Fsp3) is 0.222. The summed E-state index contributed by atoms with van der Waals surface area (Å²) < 4.78 is 6.83. The van der Waals surface area contributed by atoms with Gasteiger partial charge in [0, 0.05) is 11.5 Å². The summed E-state index contributed by atoms with van der Waals surface area (Å²) in [7, 11) is 1.56. The van der Waals surface area contributed by atoms with E-state index in [0.717, 1.165) is 11.5 Å². The molecule has 0 amide bonds. The second-order valence-electron chi connectivity index (χ2n) is 5.21. The van der Waals surface area contributed by atoms with Crippen LogP contribution in [0.25, 0.3) is 16.6 Å². The van der Waals surface area contributed by atoms with Crippen LogP contribution in [0.1, 0.15) is 0 Å². The van der Waals surface area contributed by atoms with Gasteiger partial charge in [-0.15, -0.1) is 0 Å². The first-order valence-corrected chi connectivity index (χ1v) is 10.4. The molecule has 0 spiro atoms. The third-order valence-electron chi connectivity index (χ3n) is 3.66. The monoisotopic (exact) mass is 392 g/mol. The predicted molar refractivity (Wildman–Crippen MR) is 108 cm³/mol. The molecular formula is C18H17ClN2O2S2. The zero-order valence-corrected chi connectivity index (χ0v) is 16.2. The van der Waals surface area contributed by atoms with Crippen LogP contribution in [-0.4, -0.2) is 34.4 Å². The van der Waals surface area contributed by atoms with E-state index in [1.54, 1.807) is 53.4 Å². The van der Waals surface area contributed by atoms with E-state index in [1.807, 2.05) is 24.3 Å². The Kier molecular flexibility index (Phi) is 5.93. The number of aromatic nitrogens is 2. The Hall–Kier alpha value is -1.63. The molecule has 7 heteroatoms. The van der Waals surface area contributed by atoms with Crippen LogP contribution in [0.5, 0.6) is 5.75 Å². The number of hydrogen-bond acceptors (Lipinski definition) is 5. The molecule has 0 aliphatic rings. The number of hydrogen-bond donors (Lipinski definition) is 0. The van der Waals surface area contributed by atoms with Gasteiger partial charge in [-0.3, -0.25) is 9.36 Å². The van der Waals surface area contributed by atoms with Gasteiger partial charge in [-0.05, 0) is 36.6 Å². The topological polar surface area (TPSA) is 44.1 Å². The minimum atomic E-state index is -0.0986. The molecule has 0 bridgehead atoms. The summed E-state index contributed by atoms with van der Waals surface area (Å²) in [5.74, 6) is 2.43. The van der Waals surface area contributed by atoms with E-state index in [2.05, 4.69) is 6.26 Å². The predicted octanol–water partition coefficient (Wildman–Crippen LogP) is 4.50. The largest absolute Gasteiger partial charge is 0.495 e. The van der Waals surface area contributed by atoms with Gasteiger partial charge in [0.1, 0.15) is 5.75 Å². The molecule has 1 aromatic heterocycles. The van der Waals surface area contributed by atoms with Crippen LogP contribution in [-0.2, 0) is 0 Å². The lowest BCUT2D eigenvalue weighted by atomic mass is 10.2. The zero-order valence-electron chi connectivity index (χ0n) is 13.9. The van der Waals surface area contributed by atoms with Gasteiger partial charge in [-0.1, -0.05) is 35.5 Å². The molecule has 0 N–H and O–H groups in total. The fourth-order valence-corrected chi connectivity index (χ4v) is 4.36. The molecule has 0 saturated heterocycles. The van der Waals surface area contributed by atoms with Crippen molar-refractivity contribution < 1.29 is 4.74 Å². The molecule has 25 heavy (non-hydrogen) atoms. The number of fused-ring (bicyclic) bond motifs is 1. The standard InChI is InChI=1S/C18H17ClN2O2S2/c1-23-16-8-7-12(11-14(16)19)21-17(22)13-5-3-4-6-15(13)20-18(21)25-10-9-24-2/h3-8,11H,9-10H2,1-2H3. The van der Waals surface area contributed by atoms with Crippen molar-refractivity contribution >= 4 is 46.0 Å². The van der Waals surface area contributed by atoms with Crippen LogP contribution in [0.2, 0.25) is 5.02 Å². The maximum atomic E-state index is 13.1. The number of ether oxygens (including phenoxy) is 1. The second-order valence-corrected chi connectivity index (χ2v) is 7.67. The third-order valence-corrected chi connectivity index (χ3v) is 5.76. The highest BCUT2D eigenvalue weighted by molar-refractivity contribution is 8.02. The summed E-state index contributed by atoms with van der Waals surface area (Å²) in [4.78, 5) is 17.8. The number of nitrogens with zero attached hydrogens (tertiary/aromatic N) is 2. The lowest BCUT2D eigenvalue weighted by Crippen LogP contribution is -2.22. The van der Waals surface area contributed by atoms with E-state index >= 15 is 0 Å². The lowest BCUT2D eigenvalue weighted by molar-refractivity contribution is 0.415. The summed E-state index contributed by atoms with van der Waals surface area (Å²) >= 11 is 9.59. The van der Waals surface area contributed by atoms with Crippen molar-refractivity contribution in [2.75, 3.05) is 24.9 Å². The molecule has 130 valence electrons. The Morgan fingerprint density at radius 1 is 1.20 bits per heavy atom. The first-order chi connectivity index (χ1) is 12.2. The van der Waals surface area contributed by atoms with Gasteiger partial charge in [0.05, 0.1) is 28.7 Å². The molecule has 0 fully saturated rings. The molecule has 2 aromatic carbocycles. The molecule has 0 atom stereocenters. The number of thioether (sulfide) groups is 2. The van der Waals surface area contributed by atoms with E-state index < -0.39 is 0 Å². The Bertz CT molecular complexity index is 959. The highest BCUT2D eigenvalue weighted by atomic mass is 35.5. The van der Waals surface area contributed by atoms with Gasteiger partial charge >= 0.3 is 0 Å². The molecule has 0 unspecified atom stereocenters. The van der Waals surface area contributed by atoms with Crippen LogP contribution in [0, 0.1) is 0 Å². The minimum absolute atomic E-state index is 0.0986. The van der Waals surface area contributed by atoms with Crippen molar-refractivity contribution in [2.24, 2.45) is 0 Å². The summed E-state index contributed by atoms with van der Waals surface area (Å²) in [6, 6.07) is 12.7. The number of halogens is 1. The fourth-order valence-electron chi connectivity index (χ4n) is 2.45. The molecule has 3 rings (SSSR count). The number of methoxy groups -OCH3 is 1.